The molecule has 12 nitrogen and oxygen atoms in total. The normalized spacial score (nSPS) is 12.6. The van der Waals surface area contributed by atoms with Crippen molar-refractivity contribution < 1.29 is 19.9 Å². The number of phenols is 1. The van der Waals surface area contributed by atoms with Crippen LogP contribution in [0.2, 0.25) is 0 Å². The molecule has 1 aliphatic rings. The number of fused-ring (bicyclic) bond motifs is 3. The Morgan fingerprint density at radius 3 is 2.14 bits per heavy atom. The van der Waals surface area contributed by atoms with Crippen molar-refractivity contribution in [2.45, 2.75) is 25.8 Å². The largest absolute Gasteiger partial charge is 0.497 e. The van der Waals surface area contributed by atoms with Crippen LogP contribution in [-0.2, 0) is 13.0 Å². The van der Waals surface area contributed by atoms with E-state index in [1.807, 2.05) is 0 Å². The van der Waals surface area contributed by atoms with Crippen molar-refractivity contribution in [3.63, 3.8) is 0 Å². The van der Waals surface area contributed by atoms with Crippen molar-refractivity contribution in [3.05, 3.63) is 72.6 Å². The first-order valence-electron chi connectivity index (χ1n) is 8.54. The van der Waals surface area contributed by atoms with Crippen molar-refractivity contribution in [2.75, 3.05) is 0 Å². The van der Waals surface area contributed by atoms with Crippen LogP contribution in [0.1, 0.15) is 18.7 Å². The van der Waals surface area contributed by atoms with Crippen molar-refractivity contribution in [1.82, 2.24) is 9.55 Å². The number of aromatic hydroxyl groups is 1. The first-order valence-corrected chi connectivity index (χ1v) is 8.54. The van der Waals surface area contributed by atoms with Crippen molar-refractivity contribution in [3.8, 4) is 5.75 Å². The summed E-state index contributed by atoms with van der Waals surface area (Å²) in [6.45, 7) is 1.15. The molecule has 3 aromatic rings. The Labute approximate surface area is 162 Å². The predicted octanol–water partition coefficient (Wildman–Crippen LogP) is 3.49. The fourth-order valence-corrected chi connectivity index (χ4v) is 3.09. The SMILES string of the molecule is O=[N+]([O-])c1cc([N+](=O)[O-])c(O)c([N+](=O)[O-])c1.c1ccc2c(c1)nc1n2CCCC1. The molecular formula is C17H15N5O7. The fraction of sp³-hybridized carbons (Fsp3) is 0.235. The van der Waals surface area contributed by atoms with Gasteiger partial charge in [0, 0.05) is 13.0 Å². The zero-order valence-corrected chi connectivity index (χ0v) is 14.9. The summed E-state index contributed by atoms with van der Waals surface area (Å²) >= 11 is 0. The van der Waals surface area contributed by atoms with Gasteiger partial charge in [-0.3, -0.25) is 30.3 Å². The maximum Gasteiger partial charge on any atom is 0.324 e. The summed E-state index contributed by atoms with van der Waals surface area (Å²) < 4.78 is 2.36. The van der Waals surface area contributed by atoms with Crippen molar-refractivity contribution >= 4 is 28.1 Å². The second-order valence-corrected chi connectivity index (χ2v) is 6.23. The van der Waals surface area contributed by atoms with E-state index in [4.69, 9.17) is 5.11 Å². The van der Waals surface area contributed by atoms with Gasteiger partial charge in [0.2, 0.25) is 0 Å². The molecule has 0 unspecified atom stereocenters. The van der Waals surface area contributed by atoms with Crippen LogP contribution in [0.5, 0.6) is 5.75 Å². The van der Waals surface area contributed by atoms with Crippen LogP contribution in [-0.4, -0.2) is 29.4 Å². The Kier molecular flexibility index (Phi) is 5.34. The number of para-hydroxylation sites is 2. The number of hydrogen-bond acceptors (Lipinski definition) is 8. The smallest absolute Gasteiger partial charge is 0.324 e. The number of imidazole rings is 1. The van der Waals surface area contributed by atoms with Crippen molar-refractivity contribution in [1.29, 1.82) is 0 Å². The lowest BCUT2D eigenvalue weighted by molar-refractivity contribution is -0.404. The van der Waals surface area contributed by atoms with Gasteiger partial charge in [0.25, 0.3) is 11.4 Å². The molecule has 0 amide bonds. The number of nitro benzene ring substituents is 3. The van der Waals surface area contributed by atoms with E-state index in [2.05, 4.69) is 33.8 Å². The number of phenolic OH excluding ortho intramolecular Hbond substituents is 1. The molecule has 1 N–H and O–H groups in total. The summed E-state index contributed by atoms with van der Waals surface area (Å²) in [5, 5.41) is 40.2. The predicted molar refractivity (Wildman–Crippen MR) is 101 cm³/mol. The fourth-order valence-electron chi connectivity index (χ4n) is 3.09. The molecule has 29 heavy (non-hydrogen) atoms. The van der Waals surface area contributed by atoms with Crippen molar-refractivity contribution in [2.24, 2.45) is 0 Å². The van der Waals surface area contributed by atoms with Gasteiger partial charge in [-0.25, -0.2) is 4.98 Å². The molecule has 0 radical (unpaired) electrons. The average molecular weight is 401 g/mol. The van der Waals surface area contributed by atoms with E-state index in [-0.39, 0.29) is 0 Å². The zero-order chi connectivity index (χ0) is 21.1. The number of benzene rings is 2. The lowest BCUT2D eigenvalue weighted by atomic mass is 10.2. The lowest BCUT2D eigenvalue weighted by Crippen LogP contribution is -2.09. The number of nitro groups is 3. The number of rotatable bonds is 3. The van der Waals surface area contributed by atoms with E-state index >= 15 is 0 Å². The monoisotopic (exact) mass is 401 g/mol. The van der Waals surface area contributed by atoms with Crippen LogP contribution in [0, 0.1) is 30.3 Å². The number of nitrogens with zero attached hydrogens (tertiary/aromatic N) is 5. The third-order valence-corrected chi connectivity index (χ3v) is 4.42. The maximum atomic E-state index is 10.4. The van der Waals surface area contributed by atoms with Crippen LogP contribution in [0.15, 0.2) is 36.4 Å². The molecule has 0 fully saturated rings. The quantitative estimate of drug-likeness (QED) is 0.514. The summed E-state index contributed by atoms with van der Waals surface area (Å²) in [4.78, 5) is 32.4. The van der Waals surface area contributed by atoms with Crippen LogP contribution >= 0.6 is 0 Å². The molecule has 150 valence electrons. The molecule has 0 atom stereocenters. The van der Waals surface area contributed by atoms with Gasteiger partial charge in [-0.2, -0.15) is 0 Å². The molecule has 12 heteroatoms. The lowest BCUT2D eigenvalue weighted by Gasteiger charge is -2.13. The van der Waals surface area contributed by atoms with Gasteiger partial charge in [0.05, 0.1) is 37.9 Å². The Balaban J connectivity index is 0.000000168. The number of aryl methyl sites for hydroxylation is 2. The highest BCUT2D eigenvalue weighted by atomic mass is 16.6. The minimum Gasteiger partial charge on any atom is -0.497 e. The molecule has 1 aromatic heterocycles. The van der Waals surface area contributed by atoms with Gasteiger partial charge < -0.3 is 9.67 Å². The summed E-state index contributed by atoms with van der Waals surface area (Å²) in [6.07, 6.45) is 3.74. The molecule has 2 heterocycles. The highest BCUT2D eigenvalue weighted by Gasteiger charge is 2.30. The van der Waals surface area contributed by atoms with E-state index in [1.165, 1.54) is 24.2 Å². The topological polar surface area (TPSA) is 167 Å². The molecule has 1 aliphatic heterocycles. The van der Waals surface area contributed by atoms with Gasteiger partial charge in [-0.05, 0) is 25.0 Å². The van der Waals surface area contributed by atoms with Crippen LogP contribution in [0.3, 0.4) is 0 Å². The molecule has 0 aliphatic carbocycles. The van der Waals surface area contributed by atoms with Gasteiger partial charge in [-0.15, -0.1) is 0 Å². The highest BCUT2D eigenvalue weighted by molar-refractivity contribution is 5.76. The van der Waals surface area contributed by atoms with Gasteiger partial charge in [-0.1, -0.05) is 12.1 Å². The summed E-state index contributed by atoms with van der Waals surface area (Å²) in [5.74, 6) is 0.0630. The Morgan fingerprint density at radius 1 is 0.931 bits per heavy atom. The Hall–Kier alpha value is -4.09. The molecular weight excluding hydrogens is 386 g/mol. The molecule has 0 saturated carbocycles. The minimum atomic E-state index is -1.21. The summed E-state index contributed by atoms with van der Waals surface area (Å²) in [5.41, 5.74) is -0.547. The van der Waals surface area contributed by atoms with E-state index in [1.54, 1.807) is 0 Å². The second-order valence-electron chi connectivity index (χ2n) is 6.23. The van der Waals surface area contributed by atoms with E-state index in [0.29, 0.717) is 12.1 Å². The Morgan fingerprint density at radius 2 is 1.55 bits per heavy atom. The molecule has 0 bridgehead atoms. The molecule has 2 aromatic carbocycles. The van der Waals surface area contributed by atoms with Crippen LogP contribution in [0.25, 0.3) is 11.0 Å². The summed E-state index contributed by atoms with van der Waals surface area (Å²) in [6, 6.07) is 9.30. The zero-order valence-electron chi connectivity index (χ0n) is 14.9. The van der Waals surface area contributed by atoms with Gasteiger partial charge >= 0.3 is 11.4 Å². The molecule has 0 saturated heterocycles. The van der Waals surface area contributed by atoms with E-state index in [0.717, 1.165) is 18.5 Å². The first-order chi connectivity index (χ1) is 13.8. The van der Waals surface area contributed by atoms with Crippen LogP contribution < -0.4 is 0 Å². The first kappa shape index (κ1) is 19.7. The van der Waals surface area contributed by atoms with E-state index in [9.17, 15) is 30.3 Å². The van der Waals surface area contributed by atoms with Gasteiger partial charge in [0.15, 0.2) is 0 Å². The van der Waals surface area contributed by atoms with E-state index < -0.39 is 37.6 Å². The maximum absolute atomic E-state index is 10.4. The third kappa shape index (κ3) is 3.95. The number of non-ortho nitro benzene ring substituents is 1. The molecule has 0 spiro atoms. The van der Waals surface area contributed by atoms with Gasteiger partial charge in [0.1, 0.15) is 5.82 Å². The standard InChI is InChI=1S/C11H12N2.C6H3N3O7/c1-2-6-10-9(5-1)12-11-7-3-4-8-13(10)11;10-6-4(8(13)14)1-3(7(11)12)2-5(6)9(15)16/h1-2,5-6H,3-4,7-8H2;1-2,10H. The second kappa shape index (κ2) is 7.88. The average Bonchev–Trinajstić information content (AvgIpc) is 3.06. The van der Waals surface area contributed by atoms with Crippen LogP contribution in [0.4, 0.5) is 17.1 Å². The molecule has 4 rings (SSSR count). The minimum absolute atomic E-state index is 0.447. The number of hydrogen-bond donors (Lipinski definition) is 1. The Bertz CT molecular complexity index is 1090. The number of aromatic nitrogens is 2. The third-order valence-electron chi connectivity index (χ3n) is 4.42. The summed E-state index contributed by atoms with van der Waals surface area (Å²) in [7, 11) is 0. The highest BCUT2D eigenvalue weighted by Crippen LogP contribution is 2.38.